The smallest absolute Gasteiger partial charge is 0.282 e. The van der Waals surface area contributed by atoms with Crippen molar-refractivity contribution >= 4 is 27.5 Å². The number of benzene rings is 1. The molecule has 0 aliphatic carbocycles. The molecule has 1 fully saturated rings. The number of rotatable bonds is 8. The van der Waals surface area contributed by atoms with Gasteiger partial charge in [0.25, 0.3) is 16.1 Å². The molecule has 1 aliphatic heterocycles. The largest absolute Gasteiger partial charge is 0.493 e. The lowest BCUT2D eigenvalue weighted by atomic mass is 10.2. The van der Waals surface area contributed by atoms with Crippen LogP contribution in [0.5, 0.6) is 11.5 Å². The topological polar surface area (TPSA) is 92.3 Å². The van der Waals surface area contributed by atoms with E-state index in [9.17, 15) is 13.2 Å². The SMILES string of the molecule is CCN(CC)S(=O)(=O)N1CCN(C(=O)c2csc(-c3ccc(OC)c(OC)c3)n2)CC1. The number of thiazole rings is 1. The summed E-state index contributed by atoms with van der Waals surface area (Å²) in [6.07, 6.45) is 0. The Morgan fingerprint density at radius 1 is 1.10 bits per heavy atom. The molecule has 31 heavy (non-hydrogen) atoms. The highest BCUT2D eigenvalue weighted by Crippen LogP contribution is 2.33. The van der Waals surface area contributed by atoms with Crippen LogP contribution in [0.4, 0.5) is 0 Å². The minimum absolute atomic E-state index is 0.192. The van der Waals surface area contributed by atoms with E-state index in [1.807, 2.05) is 26.0 Å². The van der Waals surface area contributed by atoms with Gasteiger partial charge in [-0.3, -0.25) is 4.79 Å². The van der Waals surface area contributed by atoms with Crippen molar-refractivity contribution in [2.75, 3.05) is 53.5 Å². The van der Waals surface area contributed by atoms with E-state index in [4.69, 9.17) is 9.47 Å². The lowest BCUT2D eigenvalue weighted by Crippen LogP contribution is -2.54. The first-order valence-electron chi connectivity index (χ1n) is 10.1. The fourth-order valence-corrected chi connectivity index (χ4v) is 5.87. The number of piperazine rings is 1. The molecule has 0 spiro atoms. The Balaban J connectivity index is 1.69. The van der Waals surface area contributed by atoms with Crippen LogP contribution in [-0.4, -0.2) is 86.3 Å². The van der Waals surface area contributed by atoms with Crippen LogP contribution in [0, 0.1) is 0 Å². The summed E-state index contributed by atoms with van der Waals surface area (Å²) in [5, 5.41) is 2.43. The second kappa shape index (κ2) is 9.94. The number of methoxy groups -OCH3 is 2. The van der Waals surface area contributed by atoms with E-state index < -0.39 is 10.2 Å². The van der Waals surface area contributed by atoms with Gasteiger partial charge >= 0.3 is 0 Å². The quantitative estimate of drug-likeness (QED) is 0.590. The predicted molar refractivity (Wildman–Crippen MR) is 120 cm³/mol. The monoisotopic (exact) mass is 468 g/mol. The standard InChI is InChI=1S/C20H28N4O5S2/c1-5-23(6-2)31(26,27)24-11-9-22(10-12-24)20(25)16-14-30-19(21-16)15-7-8-17(28-3)18(13-15)29-4/h7-8,13-14H,5-6,9-12H2,1-4H3. The molecule has 1 aliphatic rings. The molecule has 11 heteroatoms. The van der Waals surface area contributed by atoms with Crippen molar-refractivity contribution in [1.82, 2.24) is 18.5 Å². The molecular weight excluding hydrogens is 440 g/mol. The number of amides is 1. The molecule has 170 valence electrons. The van der Waals surface area contributed by atoms with Gasteiger partial charge in [0.2, 0.25) is 0 Å². The number of hydrogen-bond donors (Lipinski definition) is 0. The van der Waals surface area contributed by atoms with Gasteiger partial charge in [-0.2, -0.15) is 17.0 Å². The first kappa shape index (κ1) is 23.5. The lowest BCUT2D eigenvalue weighted by molar-refractivity contribution is 0.0689. The Labute approximate surface area is 187 Å². The van der Waals surface area contributed by atoms with Gasteiger partial charge in [0.1, 0.15) is 10.7 Å². The van der Waals surface area contributed by atoms with Crippen molar-refractivity contribution in [3.63, 3.8) is 0 Å². The number of carbonyl (C=O) groups is 1. The molecule has 0 atom stereocenters. The van der Waals surface area contributed by atoms with Gasteiger partial charge in [-0.25, -0.2) is 4.98 Å². The van der Waals surface area contributed by atoms with E-state index in [0.29, 0.717) is 48.4 Å². The maximum absolute atomic E-state index is 12.9. The molecule has 0 unspecified atom stereocenters. The highest BCUT2D eigenvalue weighted by molar-refractivity contribution is 7.86. The van der Waals surface area contributed by atoms with Gasteiger partial charge in [0.05, 0.1) is 14.2 Å². The molecule has 1 saturated heterocycles. The van der Waals surface area contributed by atoms with E-state index in [0.717, 1.165) is 5.56 Å². The third kappa shape index (κ3) is 4.84. The van der Waals surface area contributed by atoms with Gasteiger partial charge in [-0.15, -0.1) is 11.3 Å². The van der Waals surface area contributed by atoms with Crippen molar-refractivity contribution in [2.45, 2.75) is 13.8 Å². The van der Waals surface area contributed by atoms with Crippen molar-refractivity contribution in [1.29, 1.82) is 0 Å². The van der Waals surface area contributed by atoms with Crippen molar-refractivity contribution in [3.05, 3.63) is 29.3 Å². The van der Waals surface area contributed by atoms with Crippen LogP contribution >= 0.6 is 11.3 Å². The highest BCUT2D eigenvalue weighted by atomic mass is 32.2. The number of nitrogens with zero attached hydrogens (tertiary/aromatic N) is 4. The highest BCUT2D eigenvalue weighted by Gasteiger charge is 2.32. The zero-order valence-electron chi connectivity index (χ0n) is 18.2. The minimum atomic E-state index is -3.49. The van der Waals surface area contributed by atoms with Gasteiger partial charge < -0.3 is 14.4 Å². The molecule has 2 heterocycles. The van der Waals surface area contributed by atoms with E-state index in [2.05, 4.69) is 4.98 Å². The van der Waals surface area contributed by atoms with Gasteiger partial charge in [0.15, 0.2) is 11.5 Å². The summed E-state index contributed by atoms with van der Waals surface area (Å²) in [6, 6.07) is 5.49. The Bertz CT molecular complexity index is 1010. The molecule has 1 aromatic heterocycles. The molecular formula is C20H28N4O5S2. The fourth-order valence-electron chi connectivity index (χ4n) is 3.47. The molecule has 0 saturated carbocycles. The molecule has 1 aromatic carbocycles. The molecule has 0 bridgehead atoms. The van der Waals surface area contributed by atoms with E-state index >= 15 is 0 Å². The van der Waals surface area contributed by atoms with E-state index in [1.54, 1.807) is 30.6 Å². The Hall–Kier alpha value is -2.21. The van der Waals surface area contributed by atoms with Gasteiger partial charge in [-0.05, 0) is 18.2 Å². The molecule has 3 rings (SSSR count). The van der Waals surface area contributed by atoms with E-state index in [1.165, 1.54) is 19.9 Å². The first-order valence-corrected chi connectivity index (χ1v) is 12.4. The van der Waals surface area contributed by atoms with Gasteiger partial charge in [-0.1, -0.05) is 13.8 Å². The lowest BCUT2D eigenvalue weighted by Gasteiger charge is -2.36. The summed E-state index contributed by atoms with van der Waals surface area (Å²) < 4.78 is 38.8. The molecule has 2 aromatic rings. The van der Waals surface area contributed by atoms with Crippen LogP contribution in [0.3, 0.4) is 0 Å². The van der Waals surface area contributed by atoms with E-state index in [-0.39, 0.29) is 19.0 Å². The summed E-state index contributed by atoms with van der Waals surface area (Å²) >= 11 is 1.37. The number of aromatic nitrogens is 1. The van der Waals surface area contributed by atoms with Gasteiger partial charge in [0, 0.05) is 50.2 Å². The normalized spacial score (nSPS) is 15.3. The molecule has 0 N–H and O–H groups in total. The second-order valence-electron chi connectivity index (χ2n) is 6.89. The summed E-state index contributed by atoms with van der Waals surface area (Å²) in [6.45, 7) is 5.71. The van der Waals surface area contributed by atoms with Crippen molar-refractivity contribution in [3.8, 4) is 22.1 Å². The van der Waals surface area contributed by atoms with Crippen LogP contribution in [0.15, 0.2) is 23.6 Å². The van der Waals surface area contributed by atoms with Crippen molar-refractivity contribution in [2.24, 2.45) is 0 Å². The molecule has 0 radical (unpaired) electrons. The Kier molecular flexibility index (Phi) is 7.52. The second-order valence-corrected chi connectivity index (χ2v) is 9.68. The molecule has 1 amide bonds. The maximum Gasteiger partial charge on any atom is 0.282 e. The zero-order chi connectivity index (χ0) is 22.6. The molecule has 9 nitrogen and oxygen atoms in total. The zero-order valence-corrected chi connectivity index (χ0v) is 19.8. The maximum atomic E-state index is 12.9. The van der Waals surface area contributed by atoms with Crippen LogP contribution in [-0.2, 0) is 10.2 Å². The Morgan fingerprint density at radius 2 is 1.74 bits per heavy atom. The summed E-state index contributed by atoms with van der Waals surface area (Å²) in [4.78, 5) is 19.1. The predicted octanol–water partition coefficient (Wildman–Crippen LogP) is 2.17. The minimum Gasteiger partial charge on any atom is -0.493 e. The van der Waals surface area contributed by atoms with Crippen LogP contribution in [0.1, 0.15) is 24.3 Å². The van der Waals surface area contributed by atoms with Crippen LogP contribution in [0.25, 0.3) is 10.6 Å². The van der Waals surface area contributed by atoms with Crippen LogP contribution in [0.2, 0.25) is 0 Å². The summed E-state index contributed by atoms with van der Waals surface area (Å²) in [5.41, 5.74) is 1.19. The number of hydrogen-bond acceptors (Lipinski definition) is 7. The third-order valence-electron chi connectivity index (χ3n) is 5.24. The summed E-state index contributed by atoms with van der Waals surface area (Å²) in [7, 11) is -0.347. The number of carbonyl (C=O) groups excluding carboxylic acids is 1. The fraction of sp³-hybridized carbons (Fsp3) is 0.500. The Morgan fingerprint density at radius 3 is 2.32 bits per heavy atom. The summed E-state index contributed by atoms with van der Waals surface area (Å²) in [5.74, 6) is 1.02. The average Bonchev–Trinajstić information content (AvgIpc) is 3.29. The average molecular weight is 469 g/mol. The first-order chi connectivity index (χ1) is 14.8. The van der Waals surface area contributed by atoms with Crippen molar-refractivity contribution < 1.29 is 22.7 Å². The third-order valence-corrected chi connectivity index (χ3v) is 8.32. The number of ether oxygens (including phenoxy) is 2. The van der Waals surface area contributed by atoms with Crippen LogP contribution < -0.4 is 9.47 Å².